The SMILES string of the molecule is CC(C)N1CCN2c3ncc(N4CCCC4)cc3N(C)C(=C3CC3)C2C1. The van der Waals surface area contributed by atoms with Crippen LogP contribution in [0, 0.1) is 0 Å². The van der Waals surface area contributed by atoms with Crippen LogP contribution in [0.25, 0.3) is 0 Å². The second-order valence-electron chi connectivity index (χ2n) is 8.58. The van der Waals surface area contributed by atoms with Crippen LogP contribution in [0.1, 0.15) is 39.5 Å². The van der Waals surface area contributed by atoms with Crippen LogP contribution >= 0.6 is 0 Å². The van der Waals surface area contributed by atoms with Gasteiger partial charge in [-0.05, 0) is 51.2 Å². The summed E-state index contributed by atoms with van der Waals surface area (Å²) in [5.41, 5.74) is 5.82. The molecule has 0 aromatic carbocycles. The van der Waals surface area contributed by atoms with E-state index in [0.29, 0.717) is 12.1 Å². The van der Waals surface area contributed by atoms with Crippen molar-refractivity contribution >= 4 is 17.2 Å². The Morgan fingerprint density at radius 3 is 2.54 bits per heavy atom. The summed E-state index contributed by atoms with van der Waals surface area (Å²) in [6.07, 6.45) is 7.28. The first kappa shape index (κ1) is 16.4. The average Bonchev–Trinajstić information content (AvgIpc) is 3.33. The van der Waals surface area contributed by atoms with Crippen molar-refractivity contribution < 1.29 is 0 Å². The van der Waals surface area contributed by atoms with E-state index in [4.69, 9.17) is 4.98 Å². The molecule has 2 saturated heterocycles. The topological polar surface area (TPSA) is 25.9 Å². The van der Waals surface area contributed by atoms with Gasteiger partial charge in [0, 0.05) is 51.5 Å². The maximum Gasteiger partial charge on any atom is 0.153 e. The predicted molar refractivity (Wildman–Crippen MR) is 108 cm³/mol. The number of hydrogen-bond acceptors (Lipinski definition) is 5. The first-order valence-corrected chi connectivity index (χ1v) is 10.3. The van der Waals surface area contributed by atoms with Crippen LogP contribution in [0.2, 0.25) is 0 Å². The van der Waals surface area contributed by atoms with Gasteiger partial charge in [0.1, 0.15) is 0 Å². The molecule has 1 aromatic heterocycles. The third-order valence-corrected chi connectivity index (χ3v) is 6.62. The number of anilines is 3. The Balaban J connectivity index is 1.55. The Morgan fingerprint density at radius 2 is 1.85 bits per heavy atom. The number of fused-ring (bicyclic) bond motifs is 3. The average molecular weight is 354 g/mol. The lowest BCUT2D eigenvalue weighted by molar-refractivity contribution is 0.187. The van der Waals surface area contributed by atoms with Crippen molar-refractivity contribution in [3.05, 3.63) is 23.5 Å². The second kappa shape index (κ2) is 6.15. The van der Waals surface area contributed by atoms with Gasteiger partial charge in [-0.1, -0.05) is 0 Å². The molecule has 0 spiro atoms. The Labute approximate surface area is 157 Å². The molecule has 0 radical (unpaired) electrons. The molecule has 26 heavy (non-hydrogen) atoms. The van der Waals surface area contributed by atoms with Crippen LogP contribution in [0.15, 0.2) is 23.5 Å². The first-order valence-electron chi connectivity index (χ1n) is 10.3. The van der Waals surface area contributed by atoms with Crippen molar-refractivity contribution in [2.24, 2.45) is 0 Å². The largest absolute Gasteiger partial charge is 0.370 e. The van der Waals surface area contributed by atoms with Gasteiger partial charge in [-0.3, -0.25) is 4.90 Å². The molecule has 1 saturated carbocycles. The number of likely N-dealkylation sites (N-methyl/N-ethyl adjacent to an activating group) is 1. The van der Waals surface area contributed by atoms with E-state index in [9.17, 15) is 0 Å². The van der Waals surface area contributed by atoms with Crippen molar-refractivity contribution in [3.8, 4) is 0 Å². The lowest BCUT2D eigenvalue weighted by atomic mass is 10.0. The third-order valence-electron chi connectivity index (χ3n) is 6.62. The van der Waals surface area contributed by atoms with Crippen LogP contribution in [0.5, 0.6) is 0 Å². The zero-order valence-corrected chi connectivity index (χ0v) is 16.4. The Morgan fingerprint density at radius 1 is 1.08 bits per heavy atom. The molecule has 140 valence electrons. The van der Waals surface area contributed by atoms with Crippen molar-refractivity contribution in [1.29, 1.82) is 0 Å². The highest BCUT2D eigenvalue weighted by atomic mass is 15.4. The van der Waals surface area contributed by atoms with Crippen molar-refractivity contribution in [3.63, 3.8) is 0 Å². The van der Waals surface area contributed by atoms with Gasteiger partial charge in [-0.2, -0.15) is 0 Å². The van der Waals surface area contributed by atoms with Gasteiger partial charge in [0.2, 0.25) is 0 Å². The maximum absolute atomic E-state index is 4.98. The van der Waals surface area contributed by atoms with E-state index in [1.54, 1.807) is 11.3 Å². The van der Waals surface area contributed by atoms with Crippen molar-refractivity contribution in [2.45, 2.75) is 51.6 Å². The predicted octanol–water partition coefficient (Wildman–Crippen LogP) is 3.08. The fraction of sp³-hybridized carbons (Fsp3) is 0.667. The molecular weight excluding hydrogens is 322 g/mol. The summed E-state index contributed by atoms with van der Waals surface area (Å²) in [5.74, 6) is 1.19. The number of piperazine rings is 1. The van der Waals surface area contributed by atoms with Crippen LogP contribution < -0.4 is 14.7 Å². The number of hydrogen-bond donors (Lipinski definition) is 0. The normalized spacial score (nSPS) is 25.8. The molecule has 1 aliphatic carbocycles. The molecule has 5 rings (SSSR count). The van der Waals surface area contributed by atoms with E-state index in [1.807, 2.05) is 0 Å². The monoisotopic (exact) mass is 353 g/mol. The zero-order valence-electron chi connectivity index (χ0n) is 16.4. The van der Waals surface area contributed by atoms with Gasteiger partial charge in [-0.25, -0.2) is 4.98 Å². The van der Waals surface area contributed by atoms with Gasteiger partial charge in [0.05, 0.1) is 23.6 Å². The van der Waals surface area contributed by atoms with Gasteiger partial charge >= 0.3 is 0 Å². The Bertz CT molecular complexity index is 728. The molecule has 1 unspecified atom stereocenters. The minimum atomic E-state index is 0.464. The smallest absolute Gasteiger partial charge is 0.153 e. The summed E-state index contributed by atoms with van der Waals surface area (Å²) in [6.45, 7) is 10.3. The third kappa shape index (κ3) is 2.59. The fourth-order valence-corrected chi connectivity index (χ4v) is 4.96. The summed E-state index contributed by atoms with van der Waals surface area (Å²) in [4.78, 5) is 15.2. The molecule has 4 aliphatic rings. The highest BCUT2D eigenvalue weighted by Crippen LogP contribution is 2.46. The number of pyridine rings is 1. The minimum Gasteiger partial charge on any atom is -0.370 e. The quantitative estimate of drug-likeness (QED) is 0.814. The highest BCUT2D eigenvalue weighted by Gasteiger charge is 2.41. The van der Waals surface area contributed by atoms with Gasteiger partial charge in [0.25, 0.3) is 0 Å². The second-order valence-corrected chi connectivity index (χ2v) is 8.58. The maximum atomic E-state index is 4.98. The molecule has 3 aliphatic heterocycles. The van der Waals surface area contributed by atoms with E-state index in [0.717, 1.165) is 19.6 Å². The summed E-state index contributed by atoms with van der Waals surface area (Å²) < 4.78 is 0. The molecule has 1 aromatic rings. The summed E-state index contributed by atoms with van der Waals surface area (Å²) >= 11 is 0. The van der Waals surface area contributed by atoms with Crippen LogP contribution in [0.3, 0.4) is 0 Å². The summed E-state index contributed by atoms with van der Waals surface area (Å²) in [5, 5.41) is 0. The van der Waals surface area contributed by atoms with Gasteiger partial charge < -0.3 is 14.7 Å². The molecule has 1 atom stereocenters. The Hall–Kier alpha value is -1.75. The summed E-state index contributed by atoms with van der Waals surface area (Å²) in [7, 11) is 2.26. The molecule has 3 fully saturated rings. The molecule has 0 amide bonds. The van der Waals surface area contributed by atoms with Gasteiger partial charge in [0.15, 0.2) is 5.82 Å². The lowest BCUT2D eigenvalue weighted by Crippen LogP contribution is -2.59. The number of rotatable bonds is 2. The molecule has 0 bridgehead atoms. The Kier molecular flexibility index (Phi) is 3.89. The molecular formula is C21H31N5. The van der Waals surface area contributed by atoms with E-state index >= 15 is 0 Å². The first-order chi connectivity index (χ1) is 12.6. The molecule has 5 nitrogen and oxygen atoms in total. The minimum absolute atomic E-state index is 0.464. The number of nitrogens with zero attached hydrogens (tertiary/aromatic N) is 5. The highest BCUT2D eigenvalue weighted by molar-refractivity contribution is 5.79. The van der Waals surface area contributed by atoms with Crippen LogP contribution in [0.4, 0.5) is 17.2 Å². The number of aromatic nitrogens is 1. The van der Waals surface area contributed by atoms with E-state index in [-0.39, 0.29) is 0 Å². The standard InChI is InChI=1S/C21H31N5/c1-15(2)25-10-11-26-19(14-25)20(16-6-7-16)23(3)18-12-17(13-22-21(18)26)24-8-4-5-9-24/h12-13,15,19H,4-11,14H2,1-3H3. The lowest BCUT2D eigenvalue weighted by Gasteiger charge is -2.50. The van der Waals surface area contributed by atoms with Crippen LogP contribution in [-0.4, -0.2) is 61.7 Å². The molecule has 5 heteroatoms. The van der Waals surface area contributed by atoms with E-state index in [1.165, 1.54) is 56.0 Å². The van der Waals surface area contributed by atoms with E-state index in [2.05, 4.69) is 52.8 Å². The molecule has 0 N–H and O–H groups in total. The fourth-order valence-electron chi connectivity index (χ4n) is 4.96. The van der Waals surface area contributed by atoms with Crippen LogP contribution in [-0.2, 0) is 0 Å². The molecule has 4 heterocycles. The summed E-state index contributed by atoms with van der Waals surface area (Å²) in [6, 6.07) is 3.47. The van der Waals surface area contributed by atoms with Crippen molar-refractivity contribution in [1.82, 2.24) is 9.88 Å². The van der Waals surface area contributed by atoms with E-state index < -0.39 is 0 Å². The zero-order chi connectivity index (χ0) is 17.8. The van der Waals surface area contributed by atoms with Crippen molar-refractivity contribution in [2.75, 3.05) is 54.5 Å². The number of allylic oxidation sites excluding steroid dienone is 1. The van der Waals surface area contributed by atoms with Gasteiger partial charge in [-0.15, -0.1) is 0 Å².